The van der Waals surface area contributed by atoms with E-state index < -0.39 is 11.7 Å². The highest BCUT2D eigenvalue weighted by Crippen LogP contribution is 2.17. The van der Waals surface area contributed by atoms with Gasteiger partial charge in [0.2, 0.25) is 0 Å². The van der Waals surface area contributed by atoms with Gasteiger partial charge in [0.05, 0.1) is 23.8 Å². The number of pyridine rings is 1. The Morgan fingerprint density at radius 1 is 1.42 bits per heavy atom. The molecule has 0 aliphatic carbocycles. The molecule has 0 radical (unpaired) electrons. The second kappa shape index (κ2) is 6.04. The molecular weight excluding hydrogens is 267 g/mol. The number of nitrogens with one attached hydrogen (secondary N) is 1. The van der Waals surface area contributed by atoms with Crippen molar-refractivity contribution in [1.29, 1.82) is 0 Å². The highest BCUT2D eigenvalue weighted by Gasteiger charge is 2.09. The number of hydrogen-bond donors (Lipinski definition) is 2. The van der Waals surface area contributed by atoms with Crippen LogP contribution in [0.15, 0.2) is 24.5 Å². The van der Waals surface area contributed by atoms with Gasteiger partial charge in [0, 0.05) is 0 Å². The van der Waals surface area contributed by atoms with Crippen LogP contribution in [-0.2, 0) is 0 Å². The molecule has 0 saturated heterocycles. The summed E-state index contributed by atoms with van der Waals surface area (Å²) < 4.78 is 12.7. The fraction of sp³-hybridized carbons (Fsp3) is 0.0833. The fourth-order valence-corrected chi connectivity index (χ4v) is 1.89. The summed E-state index contributed by atoms with van der Waals surface area (Å²) in [6.45, 7) is 0.263. The molecule has 7 heteroatoms. The average Bonchev–Trinajstić information content (AvgIpc) is 2.84. The first-order valence-corrected chi connectivity index (χ1v) is 6.08. The van der Waals surface area contributed by atoms with Gasteiger partial charge in [0.25, 0.3) is 5.91 Å². The van der Waals surface area contributed by atoms with Crippen molar-refractivity contribution < 1.29 is 9.18 Å². The quantitative estimate of drug-likeness (QED) is 0.809. The lowest BCUT2D eigenvalue weighted by Crippen LogP contribution is -2.13. The van der Waals surface area contributed by atoms with E-state index in [0.717, 1.165) is 6.20 Å². The molecule has 0 aliphatic heterocycles. The van der Waals surface area contributed by atoms with E-state index in [9.17, 15) is 9.18 Å². The number of carbonyl (C=O) groups excluding carboxylic acids is 1. The zero-order chi connectivity index (χ0) is 13.7. The van der Waals surface area contributed by atoms with Gasteiger partial charge in [-0.2, -0.15) is 0 Å². The van der Waals surface area contributed by atoms with Crippen molar-refractivity contribution in [2.24, 2.45) is 5.73 Å². The number of thiazole rings is 1. The minimum absolute atomic E-state index is 0.117. The SMILES string of the molecule is NCC#Cc1cnc(NC(=O)c2ccc(F)cn2)s1. The molecule has 2 heterocycles. The fourth-order valence-electron chi connectivity index (χ4n) is 1.20. The van der Waals surface area contributed by atoms with Crippen molar-refractivity contribution in [3.05, 3.63) is 40.9 Å². The van der Waals surface area contributed by atoms with Gasteiger partial charge in [-0.15, -0.1) is 0 Å². The van der Waals surface area contributed by atoms with Crippen molar-refractivity contribution in [2.75, 3.05) is 11.9 Å². The first-order valence-electron chi connectivity index (χ1n) is 5.26. The summed E-state index contributed by atoms with van der Waals surface area (Å²) in [4.78, 5) is 20.1. The molecule has 0 bridgehead atoms. The Hall–Kier alpha value is -2.30. The molecule has 2 aromatic heterocycles. The van der Waals surface area contributed by atoms with E-state index >= 15 is 0 Å². The summed E-state index contributed by atoms with van der Waals surface area (Å²) in [5, 5.41) is 2.96. The molecule has 0 fully saturated rings. The average molecular weight is 276 g/mol. The Balaban J connectivity index is 2.06. The van der Waals surface area contributed by atoms with E-state index in [0.29, 0.717) is 10.0 Å². The zero-order valence-corrected chi connectivity index (χ0v) is 10.5. The van der Waals surface area contributed by atoms with E-state index in [2.05, 4.69) is 27.1 Å². The molecule has 5 nitrogen and oxygen atoms in total. The number of carbonyl (C=O) groups is 1. The van der Waals surface area contributed by atoms with Crippen LogP contribution in [0.5, 0.6) is 0 Å². The Kier molecular flexibility index (Phi) is 4.18. The summed E-state index contributed by atoms with van der Waals surface area (Å²) in [7, 11) is 0. The molecule has 0 aliphatic rings. The summed E-state index contributed by atoms with van der Waals surface area (Å²) >= 11 is 1.22. The van der Waals surface area contributed by atoms with Crippen LogP contribution >= 0.6 is 11.3 Å². The Labute approximate surface area is 112 Å². The highest BCUT2D eigenvalue weighted by atomic mass is 32.1. The number of amides is 1. The number of nitrogens with zero attached hydrogens (tertiary/aromatic N) is 2. The zero-order valence-electron chi connectivity index (χ0n) is 9.68. The summed E-state index contributed by atoms with van der Waals surface area (Å²) in [5.74, 6) is 4.55. The number of anilines is 1. The third kappa shape index (κ3) is 3.58. The summed E-state index contributed by atoms with van der Waals surface area (Å²) in [6, 6.07) is 2.47. The first-order chi connectivity index (χ1) is 9.19. The van der Waals surface area contributed by atoms with Crippen LogP contribution < -0.4 is 11.1 Å². The number of halogens is 1. The topological polar surface area (TPSA) is 80.9 Å². The standard InChI is InChI=1S/C12H9FN4OS/c13-8-3-4-10(15-6-8)11(18)17-12-16-7-9(19-12)2-1-5-14/h3-4,6-7H,5,14H2,(H,16,17,18). The van der Waals surface area contributed by atoms with Gasteiger partial charge in [-0.25, -0.2) is 14.4 Å². The third-order valence-corrected chi connectivity index (χ3v) is 2.83. The monoisotopic (exact) mass is 276 g/mol. The first kappa shape index (κ1) is 13.1. The van der Waals surface area contributed by atoms with Crippen LogP contribution in [0, 0.1) is 17.7 Å². The van der Waals surface area contributed by atoms with E-state index in [1.165, 1.54) is 23.5 Å². The van der Waals surface area contributed by atoms with Crippen molar-refractivity contribution in [3.8, 4) is 11.8 Å². The molecule has 96 valence electrons. The van der Waals surface area contributed by atoms with Gasteiger partial charge in [-0.05, 0) is 12.1 Å². The highest BCUT2D eigenvalue weighted by molar-refractivity contribution is 7.16. The lowest BCUT2D eigenvalue weighted by atomic mass is 10.3. The molecule has 2 rings (SSSR count). The number of rotatable bonds is 2. The lowest BCUT2D eigenvalue weighted by Gasteiger charge is -1.99. The number of aromatic nitrogens is 2. The normalized spacial score (nSPS) is 9.58. The van der Waals surface area contributed by atoms with Crippen molar-refractivity contribution >= 4 is 22.4 Å². The van der Waals surface area contributed by atoms with Gasteiger partial charge in [0.1, 0.15) is 11.5 Å². The van der Waals surface area contributed by atoms with Crippen LogP contribution in [0.4, 0.5) is 9.52 Å². The van der Waals surface area contributed by atoms with Gasteiger partial charge < -0.3 is 5.73 Å². The van der Waals surface area contributed by atoms with Crippen LogP contribution in [0.25, 0.3) is 0 Å². The molecule has 1 amide bonds. The minimum atomic E-state index is -0.495. The second-order valence-electron chi connectivity index (χ2n) is 3.35. The van der Waals surface area contributed by atoms with Gasteiger partial charge >= 0.3 is 0 Å². The smallest absolute Gasteiger partial charge is 0.276 e. The number of nitrogens with two attached hydrogens (primary N) is 1. The Bertz CT molecular complexity index is 642. The van der Waals surface area contributed by atoms with Gasteiger partial charge in [-0.3, -0.25) is 10.1 Å². The second-order valence-corrected chi connectivity index (χ2v) is 4.38. The van der Waals surface area contributed by atoms with E-state index in [4.69, 9.17) is 5.73 Å². The van der Waals surface area contributed by atoms with Gasteiger partial charge in [0.15, 0.2) is 5.13 Å². The molecule has 3 N–H and O–H groups in total. The van der Waals surface area contributed by atoms with Crippen LogP contribution in [0.2, 0.25) is 0 Å². The maximum atomic E-state index is 12.7. The molecule has 0 spiro atoms. The van der Waals surface area contributed by atoms with Crippen molar-refractivity contribution in [2.45, 2.75) is 0 Å². The maximum absolute atomic E-state index is 12.7. The molecule has 0 aromatic carbocycles. The molecule has 2 aromatic rings. The summed E-state index contributed by atoms with van der Waals surface area (Å²) in [6.07, 6.45) is 2.52. The predicted molar refractivity (Wildman–Crippen MR) is 70.2 cm³/mol. The van der Waals surface area contributed by atoms with E-state index in [1.54, 1.807) is 6.20 Å². The van der Waals surface area contributed by atoms with Gasteiger partial charge in [-0.1, -0.05) is 23.2 Å². The molecule has 19 heavy (non-hydrogen) atoms. The number of hydrogen-bond acceptors (Lipinski definition) is 5. The maximum Gasteiger partial charge on any atom is 0.276 e. The molecule has 0 saturated carbocycles. The van der Waals surface area contributed by atoms with Crippen molar-refractivity contribution in [1.82, 2.24) is 9.97 Å². The lowest BCUT2D eigenvalue weighted by molar-refractivity contribution is 0.102. The van der Waals surface area contributed by atoms with E-state index in [-0.39, 0.29) is 12.2 Å². The predicted octanol–water partition coefficient (Wildman–Crippen LogP) is 1.24. The van der Waals surface area contributed by atoms with Crippen LogP contribution in [0.3, 0.4) is 0 Å². The molecule has 0 unspecified atom stereocenters. The summed E-state index contributed by atoms with van der Waals surface area (Å²) in [5.41, 5.74) is 5.37. The minimum Gasteiger partial charge on any atom is -0.320 e. The largest absolute Gasteiger partial charge is 0.320 e. The molecule has 0 atom stereocenters. The molecular formula is C12H9FN4OS. The Morgan fingerprint density at radius 2 is 2.26 bits per heavy atom. The Morgan fingerprint density at radius 3 is 2.95 bits per heavy atom. The van der Waals surface area contributed by atoms with Crippen molar-refractivity contribution in [3.63, 3.8) is 0 Å². The van der Waals surface area contributed by atoms with E-state index in [1.807, 2.05) is 0 Å². The van der Waals surface area contributed by atoms with Crippen LogP contribution in [0.1, 0.15) is 15.4 Å². The van der Waals surface area contributed by atoms with Crippen LogP contribution in [-0.4, -0.2) is 22.4 Å². The third-order valence-electron chi connectivity index (χ3n) is 2.00.